The number of hydrogen-bond donors (Lipinski definition) is 2. The Bertz CT molecular complexity index is 788. The van der Waals surface area contributed by atoms with Gasteiger partial charge >= 0.3 is 0 Å². The molecule has 0 saturated heterocycles. The zero-order valence-electron chi connectivity index (χ0n) is 16.9. The quantitative estimate of drug-likeness (QED) is 0.447. The first-order chi connectivity index (χ1) is 13.9. The summed E-state index contributed by atoms with van der Waals surface area (Å²) < 4.78 is 23.3. The molecule has 6 heteroatoms. The van der Waals surface area contributed by atoms with Crippen molar-refractivity contribution >= 4 is 5.91 Å². The van der Waals surface area contributed by atoms with Crippen LogP contribution in [0.2, 0.25) is 0 Å². The van der Waals surface area contributed by atoms with Gasteiger partial charge in [-0.3, -0.25) is 4.79 Å². The lowest BCUT2D eigenvalue weighted by Gasteiger charge is -2.26. The maximum absolute atomic E-state index is 12.3. The Kier molecular flexibility index (Phi) is 8.21. The highest BCUT2D eigenvalue weighted by Gasteiger charge is 2.23. The molecule has 2 N–H and O–H groups in total. The Morgan fingerprint density at radius 3 is 2.10 bits per heavy atom. The lowest BCUT2D eigenvalue weighted by molar-refractivity contribution is -0.116. The molecule has 0 heterocycles. The summed E-state index contributed by atoms with van der Waals surface area (Å²) in [6, 6.07) is 15.4. The van der Waals surface area contributed by atoms with E-state index >= 15 is 0 Å². The minimum Gasteiger partial charge on any atom is -0.492 e. The second-order valence-corrected chi connectivity index (χ2v) is 7.14. The third-order valence-corrected chi connectivity index (χ3v) is 4.63. The van der Waals surface area contributed by atoms with Crippen LogP contribution >= 0.6 is 0 Å². The van der Waals surface area contributed by atoms with Gasteiger partial charge in [0, 0.05) is 5.41 Å². The van der Waals surface area contributed by atoms with Crippen LogP contribution < -0.4 is 14.8 Å². The van der Waals surface area contributed by atoms with Gasteiger partial charge in [-0.25, -0.2) is 4.39 Å². The van der Waals surface area contributed by atoms with Crippen LogP contribution in [0.25, 0.3) is 0 Å². The number of ether oxygens (including phenoxy) is 2. The summed E-state index contributed by atoms with van der Waals surface area (Å²) >= 11 is 0. The molecule has 0 saturated carbocycles. The molecule has 0 bridgehead atoms. The van der Waals surface area contributed by atoms with Gasteiger partial charge in [0.05, 0.1) is 6.54 Å². The molecule has 0 fully saturated rings. The van der Waals surface area contributed by atoms with Crippen LogP contribution in [0, 0.1) is 0 Å². The molecular weight excluding hydrogens is 373 g/mol. The summed E-state index contributed by atoms with van der Waals surface area (Å²) in [6.07, 6.45) is 0.119. The van der Waals surface area contributed by atoms with Crippen LogP contribution in [0.5, 0.6) is 11.5 Å². The maximum atomic E-state index is 12.3. The second kappa shape index (κ2) is 10.6. The zero-order chi connectivity index (χ0) is 21.3. The Hall–Kier alpha value is -2.86. The molecule has 2 aromatic rings. The van der Waals surface area contributed by atoms with E-state index in [2.05, 4.69) is 25.7 Å². The fourth-order valence-corrected chi connectivity index (χ4v) is 2.75. The Balaban J connectivity index is 1.96. The Labute approximate surface area is 171 Å². The molecule has 5 nitrogen and oxygen atoms in total. The van der Waals surface area contributed by atoms with Crippen molar-refractivity contribution < 1.29 is 23.8 Å². The van der Waals surface area contributed by atoms with Gasteiger partial charge in [-0.1, -0.05) is 44.7 Å². The molecule has 156 valence electrons. The van der Waals surface area contributed by atoms with E-state index in [0.717, 1.165) is 16.9 Å². The number of halogens is 1. The number of benzene rings is 2. The van der Waals surface area contributed by atoms with Gasteiger partial charge in [0.1, 0.15) is 37.5 Å². The van der Waals surface area contributed by atoms with E-state index in [9.17, 15) is 14.3 Å². The molecule has 0 aliphatic carbocycles. The first-order valence-electron chi connectivity index (χ1n) is 9.47. The topological polar surface area (TPSA) is 67.8 Å². The zero-order valence-corrected chi connectivity index (χ0v) is 16.9. The normalized spacial score (nSPS) is 12.1. The minimum absolute atomic E-state index is 0.0715. The van der Waals surface area contributed by atoms with Crippen molar-refractivity contribution in [1.29, 1.82) is 0 Å². The summed E-state index contributed by atoms with van der Waals surface area (Å²) in [4.78, 5) is 11.1. The molecule has 0 spiro atoms. The average molecular weight is 401 g/mol. The van der Waals surface area contributed by atoms with Gasteiger partial charge in [0.15, 0.2) is 0 Å². The van der Waals surface area contributed by atoms with E-state index in [0.29, 0.717) is 18.9 Å². The van der Waals surface area contributed by atoms with Crippen molar-refractivity contribution in [1.82, 2.24) is 5.32 Å². The van der Waals surface area contributed by atoms with Crippen molar-refractivity contribution in [2.75, 3.05) is 26.4 Å². The largest absolute Gasteiger partial charge is 0.492 e. The highest BCUT2D eigenvalue weighted by molar-refractivity contribution is 5.86. The summed E-state index contributed by atoms with van der Waals surface area (Å²) in [5.74, 6) is 1.10. The maximum Gasteiger partial charge on any atom is 0.243 e. The summed E-state index contributed by atoms with van der Waals surface area (Å²) in [5, 5.41) is 11.9. The van der Waals surface area contributed by atoms with Crippen LogP contribution in [0.4, 0.5) is 4.39 Å². The monoisotopic (exact) mass is 401 g/mol. The lowest BCUT2D eigenvalue weighted by atomic mass is 9.78. The fraction of sp³-hybridized carbons (Fsp3) is 0.348. The second-order valence-electron chi connectivity index (χ2n) is 7.14. The molecule has 0 aliphatic heterocycles. The van der Waals surface area contributed by atoms with Gasteiger partial charge < -0.3 is 19.9 Å². The number of carbonyl (C=O) groups is 1. The van der Waals surface area contributed by atoms with Crippen molar-refractivity contribution in [3.05, 3.63) is 72.3 Å². The number of rotatable bonds is 11. The van der Waals surface area contributed by atoms with E-state index in [1.807, 2.05) is 48.5 Å². The van der Waals surface area contributed by atoms with Crippen molar-refractivity contribution in [3.8, 4) is 11.5 Å². The molecule has 29 heavy (non-hydrogen) atoms. The fourth-order valence-electron chi connectivity index (χ4n) is 2.75. The first kappa shape index (κ1) is 22.4. The predicted molar refractivity (Wildman–Crippen MR) is 111 cm³/mol. The van der Waals surface area contributed by atoms with Crippen molar-refractivity contribution in [2.24, 2.45) is 0 Å². The SMILES string of the molecule is C=CC(=O)NCCOc1ccc(C(C)(C)c2ccc(OCC(O)CF)cc2)cc1. The standard InChI is InChI=1S/C23H28FNO4/c1-4-22(27)25-13-14-28-20-9-5-17(6-10-20)23(2,3)18-7-11-21(12-8-18)29-16-19(26)15-24/h4-12,19,26H,1,13-16H2,2-3H3,(H,25,27). The highest BCUT2D eigenvalue weighted by atomic mass is 19.1. The van der Waals surface area contributed by atoms with Crippen LogP contribution in [0.3, 0.4) is 0 Å². The van der Waals surface area contributed by atoms with Gasteiger partial charge in [-0.05, 0) is 41.5 Å². The number of aliphatic hydroxyl groups excluding tert-OH is 1. The summed E-state index contributed by atoms with van der Waals surface area (Å²) in [6.45, 7) is 7.53. The molecule has 2 rings (SSSR count). The number of aliphatic hydroxyl groups is 1. The third kappa shape index (κ3) is 6.61. The molecule has 2 aromatic carbocycles. The van der Waals surface area contributed by atoms with Crippen LogP contribution in [0.1, 0.15) is 25.0 Å². The average Bonchev–Trinajstić information content (AvgIpc) is 2.75. The number of alkyl halides is 1. The number of amides is 1. The van der Waals surface area contributed by atoms with E-state index in [4.69, 9.17) is 9.47 Å². The minimum atomic E-state index is -1.11. The van der Waals surface area contributed by atoms with Crippen LogP contribution in [-0.4, -0.2) is 43.6 Å². The number of hydrogen-bond acceptors (Lipinski definition) is 4. The molecule has 1 unspecified atom stereocenters. The Morgan fingerprint density at radius 2 is 1.62 bits per heavy atom. The van der Waals surface area contributed by atoms with Gasteiger partial charge in [0.2, 0.25) is 5.91 Å². The molecule has 0 radical (unpaired) electrons. The number of carbonyl (C=O) groups excluding carboxylic acids is 1. The van der Waals surface area contributed by atoms with Crippen LogP contribution in [-0.2, 0) is 10.2 Å². The first-order valence-corrected chi connectivity index (χ1v) is 9.47. The molecule has 1 atom stereocenters. The predicted octanol–water partition coefficient (Wildman–Crippen LogP) is 3.40. The lowest BCUT2D eigenvalue weighted by Crippen LogP contribution is -2.26. The molecule has 0 aliphatic rings. The van der Waals surface area contributed by atoms with Crippen molar-refractivity contribution in [2.45, 2.75) is 25.4 Å². The number of nitrogens with one attached hydrogen (secondary N) is 1. The summed E-state index contributed by atoms with van der Waals surface area (Å²) in [7, 11) is 0. The molecular formula is C23H28FNO4. The third-order valence-electron chi connectivity index (χ3n) is 4.63. The molecule has 0 aromatic heterocycles. The van der Waals surface area contributed by atoms with Crippen molar-refractivity contribution in [3.63, 3.8) is 0 Å². The smallest absolute Gasteiger partial charge is 0.243 e. The van der Waals surface area contributed by atoms with Crippen LogP contribution in [0.15, 0.2) is 61.2 Å². The van der Waals surface area contributed by atoms with Gasteiger partial charge in [-0.15, -0.1) is 0 Å². The van der Waals surface area contributed by atoms with E-state index in [1.165, 1.54) is 6.08 Å². The van der Waals surface area contributed by atoms with Gasteiger partial charge in [0.25, 0.3) is 0 Å². The summed E-state index contributed by atoms with van der Waals surface area (Å²) in [5.41, 5.74) is 1.97. The van der Waals surface area contributed by atoms with E-state index in [1.54, 1.807) is 0 Å². The highest BCUT2D eigenvalue weighted by Crippen LogP contribution is 2.33. The van der Waals surface area contributed by atoms with E-state index < -0.39 is 12.8 Å². The van der Waals surface area contributed by atoms with Gasteiger partial charge in [-0.2, -0.15) is 0 Å². The van der Waals surface area contributed by atoms with E-state index in [-0.39, 0.29) is 17.9 Å². The Morgan fingerprint density at radius 1 is 1.10 bits per heavy atom. The molecule has 1 amide bonds.